The summed E-state index contributed by atoms with van der Waals surface area (Å²) in [5.74, 6) is 1.14. The Kier molecular flexibility index (Phi) is 7.50. The summed E-state index contributed by atoms with van der Waals surface area (Å²) in [5.41, 5.74) is 0. The number of ether oxygens (including phenoxy) is 1. The van der Waals surface area contributed by atoms with Gasteiger partial charge in [0.25, 0.3) is 0 Å². The second kappa shape index (κ2) is 8.68. The van der Waals surface area contributed by atoms with Crippen LogP contribution in [0.2, 0.25) is 0 Å². The molecule has 0 aliphatic carbocycles. The highest BCUT2D eigenvalue weighted by molar-refractivity contribution is 5.78. The van der Waals surface area contributed by atoms with Gasteiger partial charge >= 0.3 is 0 Å². The van der Waals surface area contributed by atoms with Crippen molar-refractivity contribution in [2.75, 3.05) is 6.61 Å². The molecule has 0 N–H and O–H groups in total. The van der Waals surface area contributed by atoms with Crippen molar-refractivity contribution in [2.24, 2.45) is 5.92 Å². The maximum Gasteiger partial charge on any atom is 0.133 e. The van der Waals surface area contributed by atoms with Crippen LogP contribution in [0.5, 0.6) is 0 Å². The number of rotatable bonds is 9. The molecule has 0 aromatic carbocycles. The Bertz CT molecular complexity index is 207. The van der Waals surface area contributed by atoms with E-state index in [1.54, 1.807) is 0 Å². The topological polar surface area (TPSA) is 26.3 Å². The average Bonchev–Trinajstić information content (AvgIpc) is 2.84. The molecular formula is C15H28O2. The summed E-state index contributed by atoms with van der Waals surface area (Å²) in [4.78, 5) is 11.7. The number of ketones is 1. The van der Waals surface area contributed by atoms with E-state index in [-0.39, 0.29) is 0 Å². The average molecular weight is 240 g/mol. The number of carbonyl (C=O) groups is 1. The van der Waals surface area contributed by atoms with Crippen molar-refractivity contribution in [1.29, 1.82) is 0 Å². The highest BCUT2D eigenvalue weighted by Crippen LogP contribution is 2.19. The largest absolute Gasteiger partial charge is 0.378 e. The molecule has 2 nitrogen and oxygen atoms in total. The van der Waals surface area contributed by atoms with E-state index >= 15 is 0 Å². The molecular weight excluding hydrogens is 212 g/mol. The summed E-state index contributed by atoms with van der Waals surface area (Å²) >= 11 is 0. The van der Waals surface area contributed by atoms with Crippen LogP contribution in [0.25, 0.3) is 0 Å². The van der Waals surface area contributed by atoms with Crippen molar-refractivity contribution < 1.29 is 9.53 Å². The molecule has 1 rings (SSSR count). The van der Waals surface area contributed by atoms with E-state index in [9.17, 15) is 4.79 Å². The molecule has 0 bridgehead atoms. The van der Waals surface area contributed by atoms with E-state index in [0.717, 1.165) is 38.7 Å². The van der Waals surface area contributed by atoms with Crippen LogP contribution in [0.3, 0.4) is 0 Å². The molecule has 0 saturated carbocycles. The summed E-state index contributed by atoms with van der Waals surface area (Å²) in [5, 5.41) is 0. The minimum Gasteiger partial charge on any atom is -0.378 e. The molecule has 1 aliphatic rings. The molecule has 1 fully saturated rings. The second-order valence-electron chi connectivity index (χ2n) is 5.50. The lowest BCUT2D eigenvalue weighted by molar-refractivity contribution is -0.120. The SMILES string of the molecule is CCCC[C@H](C)CCC(=O)CCC1CCCO1. The molecule has 0 aromatic rings. The van der Waals surface area contributed by atoms with Gasteiger partial charge in [-0.15, -0.1) is 0 Å². The molecule has 1 aliphatic heterocycles. The lowest BCUT2D eigenvalue weighted by Crippen LogP contribution is -2.09. The third kappa shape index (κ3) is 6.82. The first-order valence-corrected chi connectivity index (χ1v) is 7.35. The molecule has 1 saturated heterocycles. The highest BCUT2D eigenvalue weighted by atomic mass is 16.5. The van der Waals surface area contributed by atoms with Crippen LogP contribution in [0.15, 0.2) is 0 Å². The summed E-state index contributed by atoms with van der Waals surface area (Å²) in [7, 11) is 0. The van der Waals surface area contributed by atoms with Gasteiger partial charge in [0, 0.05) is 19.4 Å². The molecule has 17 heavy (non-hydrogen) atoms. The molecule has 1 unspecified atom stereocenters. The van der Waals surface area contributed by atoms with E-state index < -0.39 is 0 Å². The number of hydrogen-bond acceptors (Lipinski definition) is 2. The third-order valence-electron chi connectivity index (χ3n) is 3.74. The standard InChI is InChI=1S/C15H28O2/c1-3-4-6-13(2)8-9-14(16)10-11-15-7-5-12-17-15/h13,15H,3-12H2,1-2H3/t13-,15?/m0/s1. The molecule has 0 radical (unpaired) electrons. The van der Waals surface area contributed by atoms with Crippen molar-refractivity contribution in [3.05, 3.63) is 0 Å². The molecule has 2 atom stereocenters. The fraction of sp³-hybridized carbons (Fsp3) is 0.933. The van der Waals surface area contributed by atoms with Crippen molar-refractivity contribution in [3.8, 4) is 0 Å². The lowest BCUT2D eigenvalue weighted by Gasteiger charge is -2.11. The van der Waals surface area contributed by atoms with Gasteiger partial charge in [0.2, 0.25) is 0 Å². The second-order valence-corrected chi connectivity index (χ2v) is 5.50. The number of Topliss-reactive ketones (excluding diaryl/α,β-unsaturated/α-hetero) is 1. The normalized spacial score (nSPS) is 21.6. The Morgan fingerprint density at radius 1 is 1.35 bits per heavy atom. The number of carbonyl (C=O) groups excluding carboxylic acids is 1. The monoisotopic (exact) mass is 240 g/mol. The van der Waals surface area contributed by atoms with E-state index in [2.05, 4.69) is 13.8 Å². The minimum atomic E-state index is 0.372. The van der Waals surface area contributed by atoms with Crippen LogP contribution in [-0.2, 0) is 9.53 Å². The quantitative estimate of drug-likeness (QED) is 0.606. The van der Waals surface area contributed by atoms with Gasteiger partial charge in [0.05, 0.1) is 6.10 Å². The van der Waals surface area contributed by atoms with Gasteiger partial charge in [-0.1, -0.05) is 33.1 Å². The first kappa shape index (κ1) is 14.7. The Morgan fingerprint density at radius 2 is 2.18 bits per heavy atom. The van der Waals surface area contributed by atoms with Gasteiger partial charge in [-0.05, 0) is 31.6 Å². The Morgan fingerprint density at radius 3 is 2.82 bits per heavy atom. The van der Waals surface area contributed by atoms with Crippen LogP contribution in [-0.4, -0.2) is 18.5 Å². The van der Waals surface area contributed by atoms with Crippen LogP contribution in [0.4, 0.5) is 0 Å². The lowest BCUT2D eigenvalue weighted by atomic mass is 9.96. The third-order valence-corrected chi connectivity index (χ3v) is 3.74. The van der Waals surface area contributed by atoms with Crippen molar-refractivity contribution >= 4 is 5.78 Å². The zero-order chi connectivity index (χ0) is 12.5. The predicted molar refractivity (Wildman–Crippen MR) is 71.1 cm³/mol. The molecule has 0 amide bonds. The van der Waals surface area contributed by atoms with Crippen LogP contribution >= 0.6 is 0 Å². The van der Waals surface area contributed by atoms with Crippen molar-refractivity contribution in [2.45, 2.75) is 77.7 Å². The molecule has 1 heterocycles. The number of hydrogen-bond donors (Lipinski definition) is 0. The van der Waals surface area contributed by atoms with E-state index in [1.165, 1.54) is 25.7 Å². The van der Waals surface area contributed by atoms with Gasteiger partial charge in [-0.2, -0.15) is 0 Å². The summed E-state index contributed by atoms with van der Waals surface area (Å²) in [6.45, 7) is 5.38. The first-order valence-electron chi connectivity index (χ1n) is 7.35. The molecule has 100 valence electrons. The molecule has 0 spiro atoms. The molecule has 0 aromatic heterocycles. The minimum absolute atomic E-state index is 0.372. The Balaban J connectivity index is 2.00. The van der Waals surface area contributed by atoms with Crippen molar-refractivity contribution in [1.82, 2.24) is 0 Å². The van der Waals surface area contributed by atoms with Gasteiger partial charge in [0.15, 0.2) is 0 Å². The maximum atomic E-state index is 11.7. The number of unbranched alkanes of at least 4 members (excludes halogenated alkanes) is 1. The predicted octanol–water partition coefficient (Wildman–Crippen LogP) is 4.12. The Labute approximate surface area is 106 Å². The summed E-state index contributed by atoms with van der Waals surface area (Å²) in [6, 6.07) is 0. The van der Waals surface area contributed by atoms with E-state index in [1.807, 2.05) is 0 Å². The van der Waals surface area contributed by atoms with Gasteiger partial charge < -0.3 is 4.74 Å². The zero-order valence-corrected chi connectivity index (χ0v) is 11.5. The fourth-order valence-corrected chi connectivity index (χ4v) is 2.42. The summed E-state index contributed by atoms with van der Waals surface area (Å²) in [6.07, 6.45) is 10.1. The van der Waals surface area contributed by atoms with Crippen LogP contribution in [0.1, 0.15) is 71.6 Å². The van der Waals surface area contributed by atoms with Crippen LogP contribution in [0, 0.1) is 5.92 Å². The van der Waals surface area contributed by atoms with Crippen molar-refractivity contribution in [3.63, 3.8) is 0 Å². The Hall–Kier alpha value is -0.370. The zero-order valence-electron chi connectivity index (χ0n) is 11.5. The van der Waals surface area contributed by atoms with Gasteiger partial charge in [-0.25, -0.2) is 0 Å². The van der Waals surface area contributed by atoms with Crippen LogP contribution < -0.4 is 0 Å². The van der Waals surface area contributed by atoms with Gasteiger partial charge in [-0.3, -0.25) is 4.79 Å². The van der Waals surface area contributed by atoms with E-state index in [0.29, 0.717) is 17.8 Å². The van der Waals surface area contributed by atoms with Gasteiger partial charge in [0.1, 0.15) is 5.78 Å². The van der Waals surface area contributed by atoms with E-state index in [4.69, 9.17) is 4.74 Å². The highest BCUT2D eigenvalue weighted by Gasteiger charge is 2.16. The maximum absolute atomic E-state index is 11.7. The molecule has 2 heteroatoms. The summed E-state index contributed by atoms with van der Waals surface area (Å²) < 4.78 is 5.53. The smallest absolute Gasteiger partial charge is 0.133 e. The first-order chi connectivity index (χ1) is 8.22. The fourth-order valence-electron chi connectivity index (χ4n) is 2.42.